The van der Waals surface area contributed by atoms with Gasteiger partial charge in [-0.15, -0.1) is 0 Å². The minimum absolute atomic E-state index is 0.0609. The largest absolute Gasteiger partial charge is 0.480 e. The standard InChI is InChI=1S/C12H20N2O4/c15-7-9-3-1-2-6-14(9)12(18)13-10(11(16)17)8-4-5-8/h8-10,15H,1-7H2,(H,13,18)(H,16,17). The summed E-state index contributed by atoms with van der Waals surface area (Å²) in [6.45, 7) is 0.530. The highest BCUT2D eigenvalue weighted by atomic mass is 16.4. The number of hydrogen-bond donors (Lipinski definition) is 3. The highest BCUT2D eigenvalue weighted by Crippen LogP contribution is 2.33. The van der Waals surface area contributed by atoms with E-state index < -0.39 is 12.0 Å². The molecule has 1 heterocycles. The van der Waals surface area contributed by atoms with Crippen molar-refractivity contribution in [3.05, 3.63) is 0 Å². The quantitative estimate of drug-likeness (QED) is 0.679. The van der Waals surface area contributed by atoms with Crippen LogP contribution in [0.15, 0.2) is 0 Å². The second-order valence-electron chi connectivity index (χ2n) is 5.13. The molecule has 3 N–H and O–H groups in total. The maximum atomic E-state index is 12.1. The first-order chi connectivity index (χ1) is 8.63. The lowest BCUT2D eigenvalue weighted by Gasteiger charge is -2.35. The topological polar surface area (TPSA) is 89.9 Å². The van der Waals surface area contributed by atoms with Gasteiger partial charge in [0.15, 0.2) is 0 Å². The summed E-state index contributed by atoms with van der Waals surface area (Å²) >= 11 is 0. The number of aliphatic hydroxyl groups is 1. The van der Waals surface area contributed by atoms with Gasteiger partial charge >= 0.3 is 12.0 Å². The van der Waals surface area contributed by atoms with Gasteiger partial charge < -0.3 is 20.4 Å². The summed E-state index contributed by atoms with van der Waals surface area (Å²) in [6.07, 6.45) is 4.41. The Kier molecular flexibility index (Phi) is 4.06. The van der Waals surface area contributed by atoms with Gasteiger partial charge in [0.2, 0.25) is 0 Å². The van der Waals surface area contributed by atoms with Crippen LogP contribution in [0.5, 0.6) is 0 Å². The molecular weight excluding hydrogens is 236 g/mol. The van der Waals surface area contributed by atoms with E-state index in [1.807, 2.05) is 0 Å². The zero-order chi connectivity index (χ0) is 13.1. The third-order valence-electron chi connectivity index (χ3n) is 3.74. The van der Waals surface area contributed by atoms with Crippen molar-refractivity contribution >= 4 is 12.0 Å². The van der Waals surface area contributed by atoms with Gasteiger partial charge in [-0.25, -0.2) is 9.59 Å². The average Bonchev–Trinajstić information content (AvgIpc) is 3.19. The molecule has 0 spiro atoms. The monoisotopic (exact) mass is 256 g/mol. The van der Waals surface area contributed by atoms with Crippen LogP contribution in [0, 0.1) is 5.92 Å². The number of aliphatic hydroxyl groups excluding tert-OH is 1. The van der Waals surface area contributed by atoms with Crippen LogP contribution < -0.4 is 5.32 Å². The van der Waals surface area contributed by atoms with E-state index in [0.29, 0.717) is 6.54 Å². The van der Waals surface area contributed by atoms with E-state index >= 15 is 0 Å². The number of piperidine rings is 1. The third kappa shape index (κ3) is 2.93. The minimum atomic E-state index is -0.969. The molecule has 2 aliphatic rings. The van der Waals surface area contributed by atoms with E-state index in [0.717, 1.165) is 32.1 Å². The molecule has 1 aliphatic heterocycles. The Balaban J connectivity index is 1.94. The number of nitrogens with zero attached hydrogens (tertiary/aromatic N) is 1. The lowest BCUT2D eigenvalue weighted by atomic mass is 10.0. The van der Waals surface area contributed by atoms with Gasteiger partial charge in [0.1, 0.15) is 6.04 Å². The number of carboxylic acids is 1. The molecule has 1 aliphatic carbocycles. The fraction of sp³-hybridized carbons (Fsp3) is 0.833. The number of rotatable bonds is 4. The van der Waals surface area contributed by atoms with Gasteiger partial charge in [0, 0.05) is 6.54 Å². The normalized spacial score (nSPS) is 25.6. The highest BCUT2D eigenvalue weighted by Gasteiger charge is 2.38. The molecule has 0 aromatic heterocycles. The van der Waals surface area contributed by atoms with Gasteiger partial charge in [0.05, 0.1) is 12.6 Å². The molecule has 0 aromatic rings. The number of amides is 2. The summed E-state index contributed by atoms with van der Waals surface area (Å²) in [5.41, 5.74) is 0. The second-order valence-corrected chi connectivity index (χ2v) is 5.13. The number of aliphatic carboxylic acids is 1. The summed E-state index contributed by atoms with van der Waals surface area (Å²) in [4.78, 5) is 24.7. The summed E-state index contributed by atoms with van der Waals surface area (Å²) in [5, 5.41) is 20.9. The molecule has 6 heteroatoms. The molecule has 6 nitrogen and oxygen atoms in total. The molecule has 102 valence electrons. The third-order valence-corrected chi connectivity index (χ3v) is 3.74. The first-order valence-electron chi connectivity index (χ1n) is 6.54. The van der Waals surface area contributed by atoms with Gasteiger partial charge in [-0.1, -0.05) is 0 Å². The molecule has 2 fully saturated rings. The van der Waals surface area contributed by atoms with Crippen LogP contribution in [0.1, 0.15) is 32.1 Å². The number of carbonyl (C=O) groups excluding carboxylic acids is 1. The molecule has 2 rings (SSSR count). The van der Waals surface area contributed by atoms with Crippen LogP contribution in [0.25, 0.3) is 0 Å². The number of carboxylic acid groups (broad SMARTS) is 1. The summed E-state index contributed by atoms with van der Waals surface area (Å²) in [7, 11) is 0. The maximum absolute atomic E-state index is 12.1. The number of carbonyl (C=O) groups is 2. The fourth-order valence-electron chi connectivity index (χ4n) is 2.48. The van der Waals surface area contributed by atoms with Gasteiger partial charge in [-0.2, -0.15) is 0 Å². The first kappa shape index (κ1) is 13.1. The van der Waals surface area contributed by atoms with Crippen molar-refractivity contribution in [1.82, 2.24) is 10.2 Å². The fourth-order valence-corrected chi connectivity index (χ4v) is 2.48. The van der Waals surface area contributed by atoms with Crippen LogP contribution in [0.3, 0.4) is 0 Å². The molecule has 18 heavy (non-hydrogen) atoms. The molecule has 0 bridgehead atoms. The Labute approximate surface area is 106 Å². The van der Waals surface area contributed by atoms with E-state index in [1.54, 1.807) is 4.90 Å². The van der Waals surface area contributed by atoms with Crippen molar-refractivity contribution in [3.8, 4) is 0 Å². The summed E-state index contributed by atoms with van der Waals surface area (Å²) in [5.74, 6) is -0.896. The zero-order valence-corrected chi connectivity index (χ0v) is 10.3. The van der Waals surface area contributed by atoms with Crippen LogP contribution >= 0.6 is 0 Å². The Bertz CT molecular complexity index is 330. The Morgan fingerprint density at radius 1 is 1.28 bits per heavy atom. The van der Waals surface area contributed by atoms with E-state index in [1.165, 1.54) is 0 Å². The van der Waals surface area contributed by atoms with E-state index in [2.05, 4.69) is 5.32 Å². The predicted molar refractivity (Wildman–Crippen MR) is 64.1 cm³/mol. The smallest absolute Gasteiger partial charge is 0.326 e. The first-order valence-corrected chi connectivity index (χ1v) is 6.54. The lowest BCUT2D eigenvalue weighted by Crippen LogP contribution is -2.54. The van der Waals surface area contributed by atoms with Gasteiger partial charge in [-0.05, 0) is 38.0 Å². The number of hydrogen-bond acceptors (Lipinski definition) is 3. The average molecular weight is 256 g/mol. The van der Waals surface area contributed by atoms with Crippen molar-refractivity contribution in [2.24, 2.45) is 5.92 Å². The molecule has 2 atom stereocenters. The van der Waals surface area contributed by atoms with Crippen molar-refractivity contribution in [1.29, 1.82) is 0 Å². The number of urea groups is 1. The van der Waals surface area contributed by atoms with Crippen molar-refractivity contribution < 1.29 is 19.8 Å². The predicted octanol–water partition coefficient (Wildman–Crippen LogP) is 0.406. The molecule has 2 amide bonds. The minimum Gasteiger partial charge on any atom is -0.480 e. The Hall–Kier alpha value is -1.30. The maximum Gasteiger partial charge on any atom is 0.326 e. The summed E-state index contributed by atoms with van der Waals surface area (Å²) < 4.78 is 0. The highest BCUT2D eigenvalue weighted by molar-refractivity contribution is 5.83. The van der Waals surface area contributed by atoms with Crippen molar-refractivity contribution in [3.63, 3.8) is 0 Å². The second kappa shape index (κ2) is 5.56. The molecule has 0 radical (unpaired) electrons. The van der Waals surface area contributed by atoms with Crippen LogP contribution in [0.4, 0.5) is 4.79 Å². The SMILES string of the molecule is O=C(O)C(NC(=O)N1CCCCC1CO)C1CC1. The molecule has 1 saturated carbocycles. The van der Waals surface area contributed by atoms with E-state index in [9.17, 15) is 14.7 Å². The van der Waals surface area contributed by atoms with Crippen LogP contribution in [0.2, 0.25) is 0 Å². The van der Waals surface area contributed by atoms with Crippen molar-refractivity contribution in [2.75, 3.05) is 13.2 Å². The van der Waals surface area contributed by atoms with Gasteiger partial charge in [0.25, 0.3) is 0 Å². The molecule has 0 aromatic carbocycles. The van der Waals surface area contributed by atoms with Gasteiger partial charge in [-0.3, -0.25) is 0 Å². The molecule has 1 saturated heterocycles. The van der Waals surface area contributed by atoms with Crippen LogP contribution in [-0.4, -0.2) is 52.3 Å². The zero-order valence-electron chi connectivity index (χ0n) is 10.3. The van der Waals surface area contributed by atoms with Crippen molar-refractivity contribution in [2.45, 2.75) is 44.2 Å². The van der Waals surface area contributed by atoms with E-state index in [-0.39, 0.29) is 24.6 Å². The Morgan fingerprint density at radius 3 is 2.56 bits per heavy atom. The van der Waals surface area contributed by atoms with E-state index in [4.69, 9.17) is 5.11 Å². The number of likely N-dealkylation sites (tertiary alicyclic amines) is 1. The lowest BCUT2D eigenvalue weighted by molar-refractivity contribution is -0.139. The summed E-state index contributed by atoms with van der Waals surface area (Å²) in [6, 6.07) is -1.31. The number of nitrogens with one attached hydrogen (secondary N) is 1. The molecule has 2 unspecified atom stereocenters. The molecular formula is C12H20N2O4. The Morgan fingerprint density at radius 2 is 2.00 bits per heavy atom. The van der Waals surface area contributed by atoms with Crippen LogP contribution in [-0.2, 0) is 4.79 Å².